The van der Waals surface area contributed by atoms with Crippen molar-refractivity contribution in [3.8, 4) is 0 Å². The predicted molar refractivity (Wildman–Crippen MR) is 76.8 cm³/mol. The van der Waals surface area contributed by atoms with Crippen molar-refractivity contribution in [2.24, 2.45) is 0 Å². The predicted octanol–water partition coefficient (Wildman–Crippen LogP) is 0.250. The summed E-state index contributed by atoms with van der Waals surface area (Å²) in [4.78, 5) is 22.7. The topological polar surface area (TPSA) is 79.4 Å². The van der Waals surface area contributed by atoms with Crippen molar-refractivity contribution in [2.45, 2.75) is 19.4 Å². The van der Waals surface area contributed by atoms with Gasteiger partial charge in [0.2, 0.25) is 5.91 Å². The Morgan fingerprint density at radius 2 is 2.40 bits per heavy atom. The van der Waals surface area contributed by atoms with Crippen molar-refractivity contribution in [2.75, 3.05) is 43.6 Å². The molecule has 1 unspecified atom stereocenters. The number of rotatable bonds is 5. The number of morpholine rings is 1. The van der Waals surface area contributed by atoms with Gasteiger partial charge in [-0.3, -0.25) is 9.78 Å². The van der Waals surface area contributed by atoms with Gasteiger partial charge in [0.15, 0.2) is 0 Å². The van der Waals surface area contributed by atoms with E-state index in [2.05, 4.69) is 20.6 Å². The summed E-state index contributed by atoms with van der Waals surface area (Å²) in [6, 6.07) is -0.350. The second-order valence-electron chi connectivity index (χ2n) is 4.59. The average Bonchev–Trinajstić information content (AvgIpc) is 2.52. The SMILES string of the molecule is CCCNC(=O)C1COCCN1c1cncc(NC)n1. The highest BCUT2D eigenvalue weighted by Gasteiger charge is 2.30. The number of nitrogens with zero attached hydrogens (tertiary/aromatic N) is 3. The van der Waals surface area contributed by atoms with Crippen LogP contribution >= 0.6 is 0 Å². The normalized spacial score (nSPS) is 18.7. The molecule has 1 atom stereocenters. The van der Waals surface area contributed by atoms with E-state index in [-0.39, 0.29) is 11.9 Å². The molecule has 0 spiro atoms. The number of anilines is 2. The quantitative estimate of drug-likeness (QED) is 0.804. The van der Waals surface area contributed by atoms with Gasteiger partial charge in [-0.05, 0) is 6.42 Å². The second-order valence-corrected chi connectivity index (χ2v) is 4.59. The zero-order valence-corrected chi connectivity index (χ0v) is 11.9. The van der Waals surface area contributed by atoms with Crippen LogP contribution in [-0.4, -0.2) is 55.3 Å². The molecule has 1 aromatic rings. The summed E-state index contributed by atoms with van der Waals surface area (Å²) in [7, 11) is 1.79. The summed E-state index contributed by atoms with van der Waals surface area (Å²) in [5.41, 5.74) is 0. The van der Waals surface area contributed by atoms with Crippen molar-refractivity contribution in [3.05, 3.63) is 12.4 Å². The summed E-state index contributed by atoms with van der Waals surface area (Å²) in [6.07, 6.45) is 4.23. The molecule has 2 N–H and O–H groups in total. The molecule has 2 heterocycles. The Labute approximate surface area is 118 Å². The van der Waals surface area contributed by atoms with Crippen molar-refractivity contribution in [1.82, 2.24) is 15.3 Å². The van der Waals surface area contributed by atoms with Crippen LogP contribution in [0.25, 0.3) is 0 Å². The highest BCUT2D eigenvalue weighted by molar-refractivity contribution is 5.85. The number of carbonyl (C=O) groups excluding carboxylic acids is 1. The summed E-state index contributed by atoms with van der Waals surface area (Å²) < 4.78 is 5.43. The molecule has 1 aromatic heterocycles. The van der Waals surface area contributed by atoms with E-state index in [0.717, 1.165) is 6.42 Å². The van der Waals surface area contributed by atoms with Gasteiger partial charge >= 0.3 is 0 Å². The minimum absolute atomic E-state index is 0.0248. The van der Waals surface area contributed by atoms with Crippen LogP contribution in [0, 0.1) is 0 Å². The van der Waals surface area contributed by atoms with Crippen LogP contribution in [0.4, 0.5) is 11.6 Å². The minimum Gasteiger partial charge on any atom is -0.377 e. The fourth-order valence-electron chi connectivity index (χ4n) is 2.08. The molecule has 0 radical (unpaired) electrons. The Bertz CT molecular complexity index is 454. The number of ether oxygens (including phenoxy) is 1. The van der Waals surface area contributed by atoms with Gasteiger partial charge < -0.3 is 20.3 Å². The van der Waals surface area contributed by atoms with E-state index in [0.29, 0.717) is 37.9 Å². The zero-order chi connectivity index (χ0) is 14.4. The van der Waals surface area contributed by atoms with E-state index in [1.54, 1.807) is 19.4 Å². The van der Waals surface area contributed by atoms with Gasteiger partial charge in [-0.25, -0.2) is 4.98 Å². The number of aromatic nitrogens is 2. The van der Waals surface area contributed by atoms with E-state index in [1.807, 2.05) is 11.8 Å². The van der Waals surface area contributed by atoms with Gasteiger partial charge in [0.25, 0.3) is 0 Å². The maximum absolute atomic E-state index is 12.2. The fourth-order valence-corrected chi connectivity index (χ4v) is 2.08. The Kier molecular flexibility index (Phi) is 5.11. The highest BCUT2D eigenvalue weighted by atomic mass is 16.5. The molecular weight excluding hydrogens is 258 g/mol. The third kappa shape index (κ3) is 3.36. The molecular formula is C13H21N5O2. The standard InChI is InChI=1S/C13H21N5O2/c1-3-4-16-13(19)10-9-20-6-5-18(10)12-8-15-7-11(14-2)17-12/h7-8,10H,3-6,9H2,1-2H3,(H,14,17)(H,16,19). The van der Waals surface area contributed by atoms with Crippen LogP contribution in [0.1, 0.15) is 13.3 Å². The van der Waals surface area contributed by atoms with E-state index in [4.69, 9.17) is 4.74 Å². The average molecular weight is 279 g/mol. The second kappa shape index (κ2) is 7.04. The lowest BCUT2D eigenvalue weighted by atomic mass is 10.2. The maximum Gasteiger partial charge on any atom is 0.245 e. The summed E-state index contributed by atoms with van der Waals surface area (Å²) in [5.74, 6) is 1.35. The molecule has 1 aliphatic heterocycles. The van der Waals surface area contributed by atoms with Gasteiger partial charge in [-0.1, -0.05) is 6.92 Å². The molecule has 1 fully saturated rings. The van der Waals surface area contributed by atoms with Crippen molar-refractivity contribution >= 4 is 17.5 Å². The monoisotopic (exact) mass is 279 g/mol. The van der Waals surface area contributed by atoms with Crippen molar-refractivity contribution in [1.29, 1.82) is 0 Å². The molecule has 2 rings (SSSR count). The van der Waals surface area contributed by atoms with Crippen LogP contribution < -0.4 is 15.5 Å². The Morgan fingerprint density at radius 1 is 1.55 bits per heavy atom. The first-order chi connectivity index (χ1) is 9.76. The lowest BCUT2D eigenvalue weighted by molar-refractivity contribution is -0.124. The molecule has 7 heteroatoms. The van der Waals surface area contributed by atoms with Gasteiger partial charge in [0.05, 0.1) is 25.6 Å². The zero-order valence-electron chi connectivity index (χ0n) is 11.9. The number of hydrogen-bond acceptors (Lipinski definition) is 6. The van der Waals surface area contributed by atoms with Gasteiger partial charge in [-0.15, -0.1) is 0 Å². The van der Waals surface area contributed by atoms with Crippen molar-refractivity contribution < 1.29 is 9.53 Å². The lowest BCUT2D eigenvalue weighted by Gasteiger charge is -2.35. The summed E-state index contributed by atoms with van der Waals surface area (Å²) >= 11 is 0. The van der Waals surface area contributed by atoms with Gasteiger partial charge in [0.1, 0.15) is 17.7 Å². The molecule has 1 amide bonds. The molecule has 0 bridgehead atoms. The first-order valence-electron chi connectivity index (χ1n) is 6.88. The van der Waals surface area contributed by atoms with Crippen LogP contribution in [0.2, 0.25) is 0 Å². The Balaban J connectivity index is 2.15. The van der Waals surface area contributed by atoms with Crippen LogP contribution in [0.15, 0.2) is 12.4 Å². The van der Waals surface area contributed by atoms with Gasteiger partial charge in [0, 0.05) is 20.1 Å². The molecule has 0 aliphatic carbocycles. The first-order valence-corrected chi connectivity index (χ1v) is 6.88. The van der Waals surface area contributed by atoms with E-state index in [9.17, 15) is 4.79 Å². The molecule has 1 saturated heterocycles. The van der Waals surface area contributed by atoms with Crippen LogP contribution in [0.5, 0.6) is 0 Å². The number of nitrogens with one attached hydrogen (secondary N) is 2. The van der Waals surface area contributed by atoms with E-state index in [1.165, 1.54) is 0 Å². The van der Waals surface area contributed by atoms with Gasteiger partial charge in [-0.2, -0.15) is 0 Å². The Hall–Kier alpha value is -1.89. The third-order valence-electron chi connectivity index (χ3n) is 3.15. The minimum atomic E-state index is -0.350. The van der Waals surface area contributed by atoms with Crippen molar-refractivity contribution in [3.63, 3.8) is 0 Å². The summed E-state index contributed by atoms with van der Waals surface area (Å²) in [6.45, 7) is 4.29. The Morgan fingerprint density at radius 3 is 3.15 bits per heavy atom. The number of hydrogen-bond donors (Lipinski definition) is 2. The highest BCUT2D eigenvalue weighted by Crippen LogP contribution is 2.18. The number of carbonyl (C=O) groups is 1. The molecule has 1 aliphatic rings. The van der Waals surface area contributed by atoms with Crippen LogP contribution in [0.3, 0.4) is 0 Å². The molecule has 0 aromatic carbocycles. The van der Waals surface area contributed by atoms with E-state index < -0.39 is 0 Å². The summed E-state index contributed by atoms with van der Waals surface area (Å²) in [5, 5.41) is 5.86. The van der Waals surface area contributed by atoms with E-state index >= 15 is 0 Å². The smallest absolute Gasteiger partial charge is 0.245 e. The molecule has 7 nitrogen and oxygen atoms in total. The first kappa shape index (κ1) is 14.5. The maximum atomic E-state index is 12.2. The molecule has 110 valence electrons. The number of amides is 1. The largest absolute Gasteiger partial charge is 0.377 e. The third-order valence-corrected chi connectivity index (χ3v) is 3.15. The fraction of sp³-hybridized carbons (Fsp3) is 0.615. The van der Waals surface area contributed by atoms with Crippen LogP contribution in [-0.2, 0) is 9.53 Å². The molecule has 0 saturated carbocycles. The lowest BCUT2D eigenvalue weighted by Crippen LogP contribution is -2.54. The molecule has 20 heavy (non-hydrogen) atoms.